The molecule has 6 heteroatoms. The summed E-state index contributed by atoms with van der Waals surface area (Å²) in [6.45, 7) is 0.564. The Morgan fingerprint density at radius 1 is 1.13 bits per heavy atom. The topological polar surface area (TPSA) is 79.4 Å². The normalized spacial score (nSPS) is 10.8. The first-order chi connectivity index (χ1) is 15.2. The van der Waals surface area contributed by atoms with Crippen LogP contribution in [0.15, 0.2) is 84.1 Å². The summed E-state index contributed by atoms with van der Waals surface area (Å²) in [6.07, 6.45) is 3.60. The molecule has 1 N–H and O–H groups in total. The molecule has 0 radical (unpaired) electrons. The minimum Gasteiger partial charge on any atom is -0.497 e. The number of hydrogen-bond acceptors (Lipinski definition) is 4. The third kappa shape index (κ3) is 4.31. The lowest BCUT2D eigenvalue weighted by Gasteiger charge is -2.07. The minimum atomic E-state index is -0.318. The van der Waals surface area contributed by atoms with Gasteiger partial charge in [-0.25, -0.2) is 5.43 Å². The second-order valence-electron chi connectivity index (χ2n) is 6.93. The van der Waals surface area contributed by atoms with Gasteiger partial charge in [-0.2, -0.15) is 10.4 Å². The third-order valence-corrected chi connectivity index (χ3v) is 5.00. The fraction of sp³-hybridized carbons (Fsp3) is 0.0800. The van der Waals surface area contributed by atoms with Crippen LogP contribution in [0.1, 0.15) is 27.0 Å². The Morgan fingerprint density at radius 2 is 1.94 bits per heavy atom. The van der Waals surface area contributed by atoms with Crippen LogP contribution in [-0.2, 0) is 6.54 Å². The Kier molecular flexibility index (Phi) is 5.77. The van der Waals surface area contributed by atoms with Crippen molar-refractivity contribution in [3.05, 3.63) is 101 Å². The molecule has 3 aromatic carbocycles. The van der Waals surface area contributed by atoms with E-state index < -0.39 is 0 Å². The number of methoxy groups -OCH3 is 1. The van der Waals surface area contributed by atoms with Gasteiger partial charge in [-0.05, 0) is 35.9 Å². The van der Waals surface area contributed by atoms with E-state index in [-0.39, 0.29) is 5.91 Å². The molecule has 1 amide bonds. The van der Waals surface area contributed by atoms with E-state index in [2.05, 4.69) is 21.2 Å². The zero-order chi connectivity index (χ0) is 21.6. The van der Waals surface area contributed by atoms with Crippen molar-refractivity contribution in [1.29, 1.82) is 5.26 Å². The number of benzene rings is 3. The van der Waals surface area contributed by atoms with E-state index >= 15 is 0 Å². The number of nitrogens with one attached hydrogen (secondary N) is 1. The number of hydrogen-bond donors (Lipinski definition) is 1. The van der Waals surface area contributed by atoms with Crippen molar-refractivity contribution < 1.29 is 9.53 Å². The lowest BCUT2D eigenvalue weighted by molar-refractivity contribution is 0.0955. The number of amides is 1. The molecule has 4 rings (SSSR count). The lowest BCUT2D eigenvalue weighted by atomic mass is 10.1. The van der Waals surface area contributed by atoms with Crippen LogP contribution in [0.4, 0.5) is 0 Å². The molecule has 1 heterocycles. The van der Waals surface area contributed by atoms with Crippen molar-refractivity contribution in [3.63, 3.8) is 0 Å². The van der Waals surface area contributed by atoms with Crippen molar-refractivity contribution in [1.82, 2.24) is 9.99 Å². The molecule has 1 aromatic heterocycles. The van der Waals surface area contributed by atoms with Crippen molar-refractivity contribution in [2.24, 2.45) is 5.10 Å². The van der Waals surface area contributed by atoms with Crippen LogP contribution >= 0.6 is 0 Å². The molecule has 152 valence electrons. The van der Waals surface area contributed by atoms with Gasteiger partial charge in [0.2, 0.25) is 0 Å². The number of carbonyl (C=O) groups excluding carboxylic acids is 1. The predicted molar refractivity (Wildman–Crippen MR) is 120 cm³/mol. The van der Waals surface area contributed by atoms with E-state index in [0.29, 0.717) is 23.4 Å². The molecule has 31 heavy (non-hydrogen) atoms. The monoisotopic (exact) mass is 408 g/mol. The van der Waals surface area contributed by atoms with E-state index in [4.69, 9.17) is 4.74 Å². The number of nitriles is 1. The summed E-state index contributed by atoms with van der Waals surface area (Å²) >= 11 is 0. The summed E-state index contributed by atoms with van der Waals surface area (Å²) in [5, 5.41) is 14.5. The number of carbonyl (C=O) groups is 1. The molecule has 0 aliphatic carbocycles. The highest BCUT2D eigenvalue weighted by molar-refractivity contribution is 6.00. The third-order valence-electron chi connectivity index (χ3n) is 5.00. The van der Waals surface area contributed by atoms with E-state index in [1.54, 1.807) is 37.6 Å². The largest absolute Gasteiger partial charge is 0.497 e. The van der Waals surface area contributed by atoms with Crippen molar-refractivity contribution in [2.75, 3.05) is 7.11 Å². The summed E-state index contributed by atoms with van der Waals surface area (Å²) in [6, 6.07) is 24.7. The molecule has 6 nitrogen and oxygen atoms in total. The van der Waals surface area contributed by atoms with Gasteiger partial charge in [0.15, 0.2) is 0 Å². The van der Waals surface area contributed by atoms with Crippen LogP contribution in [0.3, 0.4) is 0 Å². The van der Waals surface area contributed by atoms with Crippen LogP contribution in [0.25, 0.3) is 10.9 Å². The van der Waals surface area contributed by atoms with Crippen molar-refractivity contribution in [2.45, 2.75) is 6.54 Å². The highest BCUT2D eigenvalue weighted by Gasteiger charge is 2.10. The standard InChI is InChI=1S/C25H20N4O2/c1-31-22-10-6-9-18(13-22)25(30)28-27-15-21-17-29(24-12-5-4-11-23(21)24)16-20-8-3-2-7-19(20)14-26/h2-13,15,17H,16H2,1H3,(H,28,30). The molecule has 0 aliphatic rings. The lowest BCUT2D eigenvalue weighted by Crippen LogP contribution is -2.17. The van der Waals surface area contributed by atoms with E-state index in [0.717, 1.165) is 22.0 Å². The molecular formula is C25H20N4O2. The smallest absolute Gasteiger partial charge is 0.271 e. The van der Waals surface area contributed by atoms with E-state index in [1.165, 1.54) is 0 Å². The zero-order valence-electron chi connectivity index (χ0n) is 16.9. The number of nitrogens with zero attached hydrogens (tertiary/aromatic N) is 3. The van der Waals surface area contributed by atoms with Gasteiger partial charge < -0.3 is 9.30 Å². The van der Waals surface area contributed by atoms with Gasteiger partial charge in [0, 0.05) is 34.8 Å². The second-order valence-corrected chi connectivity index (χ2v) is 6.93. The summed E-state index contributed by atoms with van der Waals surface area (Å²) in [5.41, 5.74) is 6.52. The number of fused-ring (bicyclic) bond motifs is 1. The fourth-order valence-corrected chi connectivity index (χ4v) is 3.45. The Morgan fingerprint density at radius 3 is 2.77 bits per heavy atom. The molecule has 0 bridgehead atoms. The SMILES string of the molecule is COc1cccc(C(=O)NN=Cc2cn(Cc3ccccc3C#N)c3ccccc23)c1. The van der Waals surface area contributed by atoms with Gasteiger partial charge in [0.05, 0.1) is 25.0 Å². The second kappa shape index (κ2) is 8.97. The van der Waals surface area contributed by atoms with Gasteiger partial charge in [-0.15, -0.1) is 0 Å². The van der Waals surface area contributed by atoms with Gasteiger partial charge >= 0.3 is 0 Å². The first kappa shape index (κ1) is 19.9. The maximum absolute atomic E-state index is 12.4. The van der Waals surface area contributed by atoms with Crippen LogP contribution in [0, 0.1) is 11.3 Å². The highest BCUT2D eigenvalue weighted by atomic mass is 16.5. The Labute approximate surface area is 180 Å². The molecule has 0 aliphatic heterocycles. The van der Waals surface area contributed by atoms with Crippen LogP contribution in [-0.4, -0.2) is 23.8 Å². The number of para-hydroxylation sites is 1. The molecule has 0 unspecified atom stereocenters. The zero-order valence-corrected chi connectivity index (χ0v) is 16.9. The Balaban J connectivity index is 1.58. The Hall–Kier alpha value is -4.37. The number of hydrazone groups is 1. The molecular weight excluding hydrogens is 388 g/mol. The minimum absolute atomic E-state index is 0.318. The molecule has 0 saturated heterocycles. The average molecular weight is 408 g/mol. The summed E-state index contributed by atoms with van der Waals surface area (Å²) in [5.74, 6) is 0.291. The predicted octanol–water partition coefficient (Wildman–Crippen LogP) is 4.33. The molecule has 0 spiro atoms. The quantitative estimate of drug-likeness (QED) is 0.381. The molecule has 0 atom stereocenters. The highest BCUT2D eigenvalue weighted by Crippen LogP contribution is 2.22. The maximum Gasteiger partial charge on any atom is 0.271 e. The van der Waals surface area contributed by atoms with Crippen LogP contribution < -0.4 is 10.2 Å². The first-order valence-corrected chi connectivity index (χ1v) is 9.73. The van der Waals surface area contributed by atoms with Gasteiger partial charge in [-0.3, -0.25) is 4.79 Å². The summed E-state index contributed by atoms with van der Waals surface area (Å²) in [4.78, 5) is 12.4. The first-order valence-electron chi connectivity index (χ1n) is 9.73. The number of rotatable bonds is 6. The van der Waals surface area contributed by atoms with Gasteiger partial charge in [0.25, 0.3) is 5.91 Å². The maximum atomic E-state index is 12.4. The van der Waals surface area contributed by atoms with Crippen LogP contribution in [0.5, 0.6) is 5.75 Å². The summed E-state index contributed by atoms with van der Waals surface area (Å²) < 4.78 is 7.23. The fourth-order valence-electron chi connectivity index (χ4n) is 3.45. The van der Waals surface area contributed by atoms with Gasteiger partial charge in [0.1, 0.15) is 5.75 Å². The summed E-state index contributed by atoms with van der Waals surface area (Å²) in [7, 11) is 1.56. The van der Waals surface area contributed by atoms with E-state index in [1.807, 2.05) is 54.7 Å². The van der Waals surface area contributed by atoms with Crippen LogP contribution in [0.2, 0.25) is 0 Å². The van der Waals surface area contributed by atoms with Gasteiger partial charge in [-0.1, -0.05) is 42.5 Å². The van der Waals surface area contributed by atoms with Crippen molar-refractivity contribution >= 4 is 23.0 Å². The Bertz CT molecular complexity index is 1310. The molecule has 4 aromatic rings. The number of ether oxygens (including phenoxy) is 1. The molecule has 0 fully saturated rings. The average Bonchev–Trinajstić information content (AvgIpc) is 3.17. The van der Waals surface area contributed by atoms with Crippen molar-refractivity contribution in [3.8, 4) is 11.8 Å². The number of aromatic nitrogens is 1. The van der Waals surface area contributed by atoms with E-state index in [9.17, 15) is 10.1 Å². The molecule has 0 saturated carbocycles.